The number of nitrogens with zero attached hydrogens (tertiary/aromatic N) is 4. The molecule has 3 heterocycles. The van der Waals surface area contributed by atoms with Crippen molar-refractivity contribution >= 4 is 33.3 Å². The summed E-state index contributed by atoms with van der Waals surface area (Å²) in [6.07, 6.45) is 1.58. The van der Waals surface area contributed by atoms with Crippen molar-refractivity contribution in [3.63, 3.8) is 0 Å². The van der Waals surface area contributed by atoms with E-state index in [1.807, 2.05) is 35.7 Å². The Morgan fingerprint density at radius 1 is 1.25 bits per heavy atom. The maximum absolute atomic E-state index is 5.35. The highest BCUT2D eigenvalue weighted by Crippen LogP contribution is 2.31. The van der Waals surface area contributed by atoms with Crippen LogP contribution < -0.4 is 4.74 Å². The average molecular weight is 356 g/mol. The van der Waals surface area contributed by atoms with Crippen LogP contribution in [0.3, 0.4) is 0 Å². The summed E-state index contributed by atoms with van der Waals surface area (Å²) in [6.45, 7) is 0. The maximum atomic E-state index is 5.35. The average Bonchev–Trinajstić information content (AvgIpc) is 3.29. The van der Waals surface area contributed by atoms with E-state index in [0.717, 1.165) is 26.6 Å². The molecule has 0 bridgehead atoms. The topological polar surface area (TPSA) is 73.9 Å². The minimum Gasteiger partial charge on any atom is -0.497 e. The van der Waals surface area contributed by atoms with Gasteiger partial charge in [-0.1, -0.05) is 29.1 Å². The molecule has 0 spiro atoms. The molecule has 3 aromatic heterocycles. The van der Waals surface area contributed by atoms with Gasteiger partial charge < -0.3 is 9.26 Å². The third-order valence-corrected chi connectivity index (χ3v) is 5.35. The van der Waals surface area contributed by atoms with Crippen molar-refractivity contribution in [3.05, 3.63) is 47.9 Å². The van der Waals surface area contributed by atoms with Crippen molar-refractivity contribution in [2.75, 3.05) is 7.11 Å². The Hall–Kier alpha value is -2.45. The number of aromatic nitrogens is 4. The van der Waals surface area contributed by atoms with E-state index in [2.05, 4.69) is 20.1 Å². The van der Waals surface area contributed by atoms with Crippen molar-refractivity contribution in [3.8, 4) is 17.1 Å². The Morgan fingerprint density at radius 3 is 3.12 bits per heavy atom. The lowest BCUT2D eigenvalue weighted by atomic mass is 10.2. The summed E-state index contributed by atoms with van der Waals surface area (Å²) < 4.78 is 11.6. The lowest BCUT2D eigenvalue weighted by Gasteiger charge is -2.00. The van der Waals surface area contributed by atoms with Gasteiger partial charge in [-0.2, -0.15) is 4.98 Å². The van der Waals surface area contributed by atoms with Crippen molar-refractivity contribution in [2.45, 2.75) is 10.8 Å². The summed E-state index contributed by atoms with van der Waals surface area (Å²) in [4.78, 5) is 13.0. The second-order valence-corrected chi connectivity index (χ2v) is 6.73. The van der Waals surface area contributed by atoms with Crippen LogP contribution in [-0.4, -0.2) is 27.2 Å². The van der Waals surface area contributed by atoms with E-state index in [1.165, 1.54) is 0 Å². The van der Waals surface area contributed by atoms with Crippen molar-refractivity contribution in [2.24, 2.45) is 0 Å². The highest BCUT2D eigenvalue weighted by atomic mass is 32.2. The van der Waals surface area contributed by atoms with E-state index in [0.29, 0.717) is 17.5 Å². The molecule has 0 N–H and O–H groups in total. The summed E-state index contributed by atoms with van der Waals surface area (Å²) in [6, 6.07) is 9.56. The molecule has 6 nitrogen and oxygen atoms in total. The van der Waals surface area contributed by atoms with Gasteiger partial charge in [0.2, 0.25) is 11.7 Å². The Labute approximate surface area is 145 Å². The lowest BCUT2D eigenvalue weighted by molar-refractivity contribution is 0.391. The van der Waals surface area contributed by atoms with Crippen LogP contribution in [0, 0.1) is 0 Å². The fourth-order valence-electron chi connectivity index (χ4n) is 2.19. The number of hydrogen-bond acceptors (Lipinski definition) is 8. The summed E-state index contributed by atoms with van der Waals surface area (Å²) >= 11 is 3.19. The number of benzene rings is 1. The van der Waals surface area contributed by atoms with Crippen LogP contribution >= 0.6 is 23.1 Å². The van der Waals surface area contributed by atoms with Crippen LogP contribution in [0.2, 0.25) is 0 Å². The summed E-state index contributed by atoms with van der Waals surface area (Å²) in [5.74, 6) is 2.42. The number of hydrogen-bond donors (Lipinski definition) is 0. The molecular weight excluding hydrogens is 344 g/mol. The lowest BCUT2D eigenvalue weighted by Crippen LogP contribution is -1.87. The first-order valence-electron chi connectivity index (χ1n) is 7.11. The summed E-state index contributed by atoms with van der Waals surface area (Å²) in [5, 5.41) is 6.98. The predicted octanol–water partition coefficient (Wildman–Crippen LogP) is 4.04. The van der Waals surface area contributed by atoms with Gasteiger partial charge in [0.05, 0.1) is 23.1 Å². The normalized spacial score (nSPS) is 11.0. The van der Waals surface area contributed by atoms with E-state index < -0.39 is 0 Å². The molecule has 0 radical (unpaired) electrons. The molecule has 1 aromatic carbocycles. The third kappa shape index (κ3) is 2.98. The SMILES string of the molecule is COc1cccc(-c2noc(CSc3ncnc4ccsc34)n2)c1. The molecule has 4 rings (SSSR count). The molecule has 0 saturated heterocycles. The van der Waals surface area contributed by atoms with Gasteiger partial charge in [0, 0.05) is 5.56 Å². The van der Waals surface area contributed by atoms with Crippen molar-refractivity contribution in [1.29, 1.82) is 0 Å². The Morgan fingerprint density at radius 2 is 2.21 bits per heavy atom. The molecule has 120 valence electrons. The fraction of sp³-hybridized carbons (Fsp3) is 0.125. The molecular formula is C16H12N4O2S2. The van der Waals surface area contributed by atoms with Gasteiger partial charge in [0.15, 0.2) is 0 Å². The first-order valence-corrected chi connectivity index (χ1v) is 8.98. The molecule has 0 atom stereocenters. The number of ether oxygens (including phenoxy) is 1. The number of fused-ring (bicyclic) bond motifs is 1. The van der Waals surface area contributed by atoms with Crippen LogP contribution in [0.4, 0.5) is 0 Å². The van der Waals surface area contributed by atoms with E-state index in [4.69, 9.17) is 9.26 Å². The molecule has 0 amide bonds. The van der Waals surface area contributed by atoms with Crippen molar-refractivity contribution in [1.82, 2.24) is 20.1 Å². The molecule has 0 aliphatic rings. The first-order chi connectivity index (χ1) is 11.8. The third-order valence-electron chi connectivity index (χ3n) is 3.34. The van der Waals surface area contributed by atoms with E-state index in [9.17, 15) is 0 Å². The second kappa shape index (κ2) is 6.58. The number of thiophene rings is 1. The predicted molar refractivity (Wildman–Crippen MR) is 93.3 cm³/mol. The minimum atomic E-state index is 0.549. The van der Waals surface area contributed by atoms with Crippen LogP contribution in [-0.2, 0) is 5.75 Å². The maximum Gasteiger partial charge on any atom is 0.237 e. The summed E-state index contributed by atoms with van der Waals surface area (Å²) in [5.41, 5.74) is 1.82. The number of thioether (sulfide) groups is 1. The zero-order valence-electron chi connectivity index (χ0n) is 12.7. The molecule has 0 unspecified atom stereocenters. The Kier molecular flexibility index (Phi) is 4.14. The Balaban J connectivity index is 1.52. The minimum absolute atomic E-state index is 0.549. The van der Waals surface area contributed by atoms with Crippen LogP contribution in [0.5, 0.6) is 5.75 Å². The Bertz CT molecular complexity index is 983. The summed E-state index contributed by atoms with van der Waals surface area (Å²) in [7, 11) is 1.63. The van der Waals surface area contributed by atoms with E-state index in [1.54, 1.807) is 36.5 Å². The van der Waals surface area contributed by atoms with Gasteiger partial charge in [-0.25, -0.2) is 9.97 Å². The largest absolute Gasteiger partial charge is 0.497 e. The zero-order valence-corrected chi connectivity index (χ0v) is 14.3. The number of methoxy groups -OCH3 is 1. The zero-order chi connectivity index (χ0) is 16.4. The first kappa shape index (κ1) is 15.1. The smallest absolute Gasteiger partial charge is 0.237 e. The van der Waals surface area contributed by atoms with Gasteiger partial charge in [-0.3, -0.25) is 0 Å². The number of rotatable bonds is 5. The highest BCUT2D eigenvalue weighted by Gasteiger charge is 2.12. The van der Waals surface area contributed by atoms with Crippen molar-refractivity contribution < 1.29 is 9.26 Å². The molecule has 0 fully saturated rings. The van der Waals surface area contributed by atoms with Crippen LogP contribution in [0.15, 0.2) is 51.6 Å². The van der Waals surface area contributed by atoms with E-state index in [-0.39, 0.29) is 0 Å². The quantitative estimate of drug-likeness (QED) is 0.394. The molecule has 0 aliphatic heterocycles. The van der Waals surface area contributed by atoms with Crippen LogP contribution in [0.1, 0.15) is 5.89 Å². The standard InChI is InChI=1S/C16H12N4O2S2/c1-21-11-4-2-3-10(7-11)15-19-13(22-20-15)8-24-16-14-12(5-6-23-14)17-9-18-16/h2-7,9H,8H2,1H3. The molecule has 0 aliphatic carbocycles. The van der Waals surface area contributed by atoms with Gasteiger partial charge in [0.1, 0.15) is 17.1 Å². The second-order valence-electron chi connectivity index (χ2n) is 4.85. The molecule has 24 heavy (non-hydrogen) atoms. The monoisotopic (exact) mass is 356 g/mol. The molecule has 8 heteroatoms. The van der Waals surface area contributed by atoms with Gasteiger partial charge >= 0.3 is 0 Å². The van der Waals surface area contributed by atoms with E-state index >= 15 is 0 Å². The van der Waals surface area contributed by atoms with Gasteiger partial charge in [-0.05, 0) is 23.6 Å². The molecule has 4 aromatic rings. The van der Waals surface area contributed by atoms with Gasteiger partial charge in [0.25, 0.3) is 0 Å². The fourth-order valence-corrected chi connectivity index (χ4v) is 3.98. The van der Waals surface area contributed by atoms with Crippen LogP contribution in [0.25, 0.3) is 21.6 Å². The van der Waals surface area contributed by atoms with Gasteiger partial charge in [-0.15, -0.1) is 11.3 Å². The highest BCUT2D eigenvalue weighted by molar-refractivity contribution is 7.98. The molecule has 0 saturated carbocycles.